The lowest BCUT2D eigenvalue weighted by atomic mass is 9.85. The summed E-state index contributed by atoms with van der Waals surface area (Å²) in [5, 5.41) is 3.42. The first-order chi connectivity index (χ1) is 8.90. The molecule has 1 fully saturated rings. The zero-order valence-electron chi connectivity index (χ0n) is 11.4. The zero-order chi connectivity index (χ0) is 12.4. The van der Waals surface area contributed by atoms with Gasteiger partial charge in [0.05, 0.1) is 0 Å². The van der Waals surface area contributed by atoms with Crippen LogP contribution >= 0.6 is 0 Å². The van der Waals surface area contributed by atoms with Gasteiger partial charge in [0.1, 0.15) is 0 Å². The summed E-state index contributed by atoms with van der Waals surface area (Å²) < 4.78 is 0. The Labute approximate surface area is 110 Å². The number of nitrogens with one attached hydrogen (secondary N) is 1. The first-order valence-corrected chi connectivity index (χ1v) is 7.44. The highest BCUT2D eigenvalue weighted by Gasteiger charge is 2.32. The third kappa shape index (κ3) is 2.19. The van der Waals surface area contributed by atoms with Gasteiger partial charge in [-0.25, -0.2) is 0 Å². The van der Waals surface area contributed by atoms with E-state index in [9.17, 15) is 0 Å². The SMILES string of the molecule is CCCN(C1CNC1)C1CCCc2ccccc21. The van der Waals surface area contributed by atoms with Gasteiger partial charge in [-0.2, -0.15) is 0 Å². The molecule has 2 heteroatoms. The number of aryl methyl sites for hydroxylation is 1. The number of rotatable bonds is 4. The summed E-state index contributed by atoms with van der Waals surface area (Å²) >= 11 is 0. The van der Waals surface area contributed by atoms with Gasteiger partial charge in [0.15, 0.2) is 0 Å². The molecule has 0 spiro atoms. The molecule has 0 radical (unpaired) electrons. The van der Waals surface area contributed by atoms with Crippen LogP contribution in [0.3, 0.4) is 0 Å². The van der Waals surface area contributed by atoms with Gasteiger partial charge in [0.2, 0.25) is 0 Å². The molecule has 1 saturated heterocycles. The van der Waals surface area contributed by atoms with E-state index in [-0.39, 0.29) is 0 Å². The third-order valence-electron chi connectivity index (χ3n) is 4.45. The Morgan fingerprint density at radius 1 is 1.28 bits per heavy atom. The maximum atomic E-state index is 3.42. The number of hydrogen-bond donors (Lipinski definition) is 1. The molecule has 0 saturated carbocycles. The molecule has 1 atom stereocenters. The molecule has 0 aromatic heterocycles. The van der Waals surface area contributed by atoms with Crippen LogP contribution in [0.15, 0.2) is 24.3 Å². The van der Waals surface area contributed by atoms with Crippen LogP contribution in [0, 0.1) is 0 Å². The molecule has 1 aromatic rings. The Bertz CT molecular complexity index is 398. The van der Waals surface area contributed by atoms with Gasteiger partial charge < -0.3 is 5.32 Å². The minimum absolute atomic E-state index is 0.669. The summed E-state index contributed by atoms with van der Waals surface area (Å²) in [5.41, 5.74) is 3.19. The summed E-state index contributed by atoms with van der Waals surface area (Å²) in [6.45, 7) is 5.90. The van der Waals surface area contributed by atoms with E-state index in [1.54, 1.807) is 11.1 Å². The fourth-order valence-corrected chi connectivity index (χ4v) is 3.43. The fraction of sp³-hybridized carbons (Fsp3) is 0.625. The molecule has 1 heterocycles. The molecular weight excluding hydrogens is 220 g/mol. The van der Waals surface area contributed by atoms with E-state index < -0.39 is 0 Å². The molecule has 98 valence electrons. The summed E-state index contributed by atoms with van der Waals surface area (Å²) in [5.74, 6) is 0. The summed E-state index contributed by atoms with van der Waals surface area (Å²) in [6.07, 6.45) is 5.22. The van der Waals surface area contributed by atoms with E-state index in [2.05, 4.69) is 41.4 Å². The minimum Gasteiger partial charge on any atom is -0.314 e. The van der Waals surface area contributed by atoms with Crippen molar-refractivity contribution in [2.24, 2.45) is 0 Å². The second kappa shape index (κ2) is 5.41. The lowest BCUT2D eigenvalue weighted by Gasteiger charge is -2.45. The van der Waals surface area contributed by atoms with Gasteiger partial charge in [-0.3, -0.25) is 4.90 Å². The Morgan fingerprint density at radius 2 is 2.11 bits per heavy atom. The van der Waals surface area contributed by atoms with E-state index in [4.69, 9.17) is 0 Å². The van der Waals surface area contributed by atoms with Crippen LogP contribution in [0.25, 0.3) is 0 Å². The van der Waals surface area contributed by atoms with Crippen molar-refractivity contribution in [3.63, 3.8) is 0 Å². The maximum absolute atomic E-state index is 3.42. The standard InChI is InChI=1S/C16H24N2/c1-2-10-18(14-11-17-12-14)16-9-5-7-13-6-3-4-8-15(13)16/h3-4,6,8,14,16-17H,2,5,7,9-12H2,1H3. The lowest BCUT2D eigenvalue weighted by Crippen LogP contribution is -2.58. The van der Waals surface area contributed by atoms with Crippen molar-refractivity contribution in [1.29, 1.82) is 0 Å². The average molecular weight is 244 g/mol. The highest BCUT2D eigenvalue weighted by Crippen LogP contribution is 2.35. The highest BCUT2D eigenvalue weighted by molar-refractivity contribution is 5.32. The number of benzene rings is 1. The normalized spacial score (nSPS) is 23.8. The van der Waals surface area contributed by atoms with E-state index in [0.29, 0.717) is 6.04 Å². The van der Waals surface area contributed by atoms with Gasteiger partial charge in [0, 0.05) is 25.2 Å². The zero-order valence-corrected chi connectivity index (χ0v) is 11.4. The minimum atomic E-state index is 0.669. The van der Waals surface area contributed by atoms with Crippen LogP contribution in [-0.4, -0.2) is 30.6 Å². The third-order valence-corrected chi connectivity index (χ3v) is 4.45. The van der Waals surface area contributed by atoms with Gasteiger partial charge in [0.25, 0.3) is 0 Å². The fourth-order valence-electron chi connectivity index (χ4n) is 3.43. The Morgan fingerprint density at radius 3 is 2.83 bits per heavy atom. The van der Waals surface area contributed by atoms with E-state index >= 15 is 0 Å². The van der Waals surface area contributed by atoms with E-state index in [1.807, 2.05) is 0 Å². The quantitative estimate of drug-likeness (QED) is 0.876. The van der Waals surface area contributed by atoms with E-state index in [1.165, 1.54) is 45.3 Å². The van der Waals surface area contributed by atoms with Gasteiger partial charge in [-0.1, -0.05) is 31.2 Å². The van der Waals surface area contributed by atoms with Crippen LogP contribution in [-0.2, 0) is 6.42 Å². The molecule has 2 nitrogen and oxygen atoms in total. The van der Waals surface area contributed by atoms with Crippen molar-refractivity contribution in [2.45, 2.75) is 44.7 Å². The van der Waals surface area contributed by atoms with Gasteiger partial charge in [-0.15, -0.1) is 0 Å². The molecule has 0 bridgehead atoms. The molecule has 2 aliphatic rings. The van der Waals surface area contributed by atoms with Crippen molar-refractivity contribution in [2.75, 3.05) is 19.6 Å². The monoisotopic (exact) mass is 244 g/mol. The van der Waals surface area contributed by atoms with E-state index in [0.717, 1.165) is 6.04 Å². The van der Waals surface area contributed by atoms with Crippen LogP contribution in [0.4, 0.5) is 0 Å². The molecule has 0 amide bonds. The van der Waals surface area contributed by atoms with Gasteiger partial charge in [-0.05, 0) is 43.4 Å². The van der Waals surface area contributed by atoms with Crippen molar-refractivity contribution in [1.82, 2.24) is 10.2 Å². The Balaban J connectivity index is 1.85. The molecule has 1 unspecified atom stereocenters. The van der Waals surface area contributed by atoms with Crippen LogP contribution < -0.4 is 5.32 Å². The van der Waals surface area contributed by atoms with Crippen LogP contribution in [0.5, 0.6) is 0 Å². The van der Waals surface area contributed by atoms with Crippen LogP contribution in [0.2, 0.25) is 0 Å². The second-order valence-corrected chi connectivity index (χ2v) is 5.66. The Kier molecular flexibility index (Phi) is 3.67. The second-order valence-electron chi connectivity index (χ2n) is 5.66. The highest BCUT2D eigenvalue weighted by atomic mass is 15.3. The smallest absolute Gasteiger partial charge is 0.0354 e. The number of fused-ring (bicyclic) bond motifs is 1. The first kappa shape index (κ1) is 12.2. The topological polar surface area (TPSA) is 15.3 Å². The van der Waals surface area contributed by atoms with Crippen LogP contribution in [0.1, 0.15) is 43.4 Å². The molecule has 1 aromatic carbocycles. The molecule has 18 heavy (non-hydrogen) atoms. The summed E-state index contributed by atoms with van der Waals surface area (Å²) in [7, 11) is 0. The van der Waals surface area contributed by atoms with Crippen molar-refractivity contribution >= 4 is 0 Å². The van der Waals surface area contributed by atoms with Crippen molar-refractivity contribution in [3.05, 3.63) is 35.4 Å². The molecular formula is C16H24N2. The molecule has 3 rings (SSSR count). The molecule has 1 aliphatic carbocycles. The lowest BCUT2D eigenvalue weighted by molar-refractivity contribution is 0.0844. The summed E-state index contributed by atoms with van der Waals surface area (Å²) in [6, 6.07) is 10.5. The maximum Gasteiger partial charge on any atom is 0.0354 e. The largest absolute Gasteiger partial charge is 0.314 e. The average Bonchev–Trinajstić information content (AvgIpc) is 2.35. The number of nitrogens with zero attached hydrogens (tertiary/aromatic N) is 1. The van der Waals surface area contributed by atoms with Crippen molar-refractivity contribution in [3.8, 4) is 0 Å². The van der Waals surface area contributed by atoms with Gasteiger partial charge >= 0.3 is 0 Å². The molecule has 1 N–H and O–H groups in total. The number of hydrogen-bond acceptors (Lipinski definition) is 2. The predicted molar refractivity (Wildman–Crippen MR) is 75.8 cm³/mol. The summed E-state index contributed by atoms with van der Waals surface area (Å²) in [4.78, 5) is 2.76. The predicted octanol–water partition coefficient (Wildman–Crippen LogP) is 2.75. The molecule has 1 aliphatic heterocycles. The van der Waals surface area contributed by atoms with Crippen molar-refractivity contribution < 1.29 is 0 Å². The Hall–Kier alpha value is -0.860. The first-order valence-electron chi connectivity index (χ1n) is 7.44.